The van der Waals surface area contributed by atoms with E-state index in [1.54, 1.807) is 0 Å². The highest BCUT2D eigenvalue weighted by Gasteiger charge is 2.09. The molecule has 1 N–H and O–H groups in total. The first-order valence-corrected chi connectivity index (χ1v) is 10.5. The molecule has 0 heterocycles. The number of ketones is 1. The zero-order valence-electron chi connectivity index (χ0n) is 17.0. The number of carboxylic acid groups (broad SMARTS) is 1. The number of carbonyl (C=O) groups excluding carboxylic acids is 1. The fraction of sp³-hybridized carbons (Fsp3) is 0.440. The van der Waals surface area contributed by atoms with Crippen molar-refractivity contribution in [3.05, 3.63) is 70.8 Å². The van der Waals surface area contributed by atoms with Gasteiger partial charge in [-0.05, 0) is 43.2 Å². The summed E-state index contributed by atoms with van der Waals surface area (Å²) in [5.74, 6) is -0.630. The second-order valence-electron chi connectivity index (χ2n) is 7.49. The Hall–Kier alpha value is -2.42. The van der Waals surface area contributed by atoms with Crippen LogP contribution in [-0.2, 0) is 17.6 Å². The number of aryl methyl sites for hydroxylation is 2. The summed E-state index contributed by atoms with van der Waals surface area (Å²) < 4.78 is 0. The molecule has 0 radical (unpaired) electrons. The van der Waals surface area contributed by atoms with Gasteiger partial charge in [-0.15, -0.1) is 0 Å². The molecule has 0 fully saturated rings. The van der Waals surface area contributed by atoms with E-state index in [0.717, 1.165) is 56.1 Å². The second-order valence-corrected chi connectivity index (χ2v) is 7.49. The number of carbonyl (C=O) groups is 2. The number of hydrogen-bond donors (Lipinski definition) is 1. The highest BCUT2D eigenvalue weighted by atomic mass is 16.4. The van der Waals surface area contributed by atoms with Gasteiger partial charge in [-0.1, -0.05) is 81.1 Å². The van der Waals surface area contributed by atoms with Gasteiger partial charge in [0.05, 0.1) is 0 Å². The SMILES string of the molecule is CCCCc1ccc(C(=O)c2ccc(CCCCCCCC(=O)O)cc2)cc1. The van der Waals surface area contributed by atoms with Gasteiger partial charge in [0.1, 0.15) is 0 Å². The van der Waals surface area contributed by atoms with E-state index in [-0.39, 0.29) is 12.2 Å². The van der Waals surface area contributed by atoms with Gasteiger partial charge >= 0.3 is 5.97 Å². The molecule has 0 amide bonds. The van der Waals surface area contributed by atoms with E-state index >= 15 is 0 Å². The van der Waals surface area contributed by atoms with Crippen molar-refractivity contribution >= 4 is 11.8 Å². The summed E-state index contributed by atoms with van der Waals surface area (Å²) in [6, 6.07) is 15.9. The molecular weight excluding hydrogens is 348 g/mol. The smallest absolute Gasteiger partial charge is 0.303 e. The number of aliphatic carboxylic acids is 1. The standard InChI is InChI=1S/C25H32O3/c1-2-3-9-20-12-16-22(17-13-20)25(28)23-18-14-21(15-19-23)10-7-5-4-6-8-11-24(26)27/h12-19H,2-11H2,1H3,(H,26,27). The lowest BCUT2D eigenvalue weighted by molar-refractivity contribution is -0.137. The van der Waals surface area contributed by atoms with Crippen LogP contribution in [-0.4, -0.2) is 16.9 Å². The number of hydrogen-bond acceptors (Lipinski definition) is 2. The molecule has 0 aromatic heterocycles. The summed E-state index contributed by atoms with van der Waals surface area (Å²) in [4.78, 5) is 23.1. The monoisotopic (exact) mass is 380 g/mol. The molecule has 2 rings (SSSR count). The molecule has 2 aromatic carbocycles. The van der Waals surface area contributed by atoms with E-state index in [1.807, 2.05) is 36.4 Å². The lowest BCUT2D eigenvalue weighted by Crippen LogP contribution is -2.01. The van der Waals surface area contributed by atoms with E-state index < -0.39 is 5.97 Å². The lowest BCUT2D eigenvalue weighted by Gasteiger charge is -2.06. The van der Waals surface area contributed by atoms with Crippen molar-refractivity contribution in [2.24, 2.45) is 0 Å². The van der Waals surface area contributed by atoms with Crippen molar-refractivity contribution < 1.29 is 14.7 Å². The fourth-order valence-electron chi connectivity index (χ4n) is 3.33. The number of rotatable bonds is 13. The van der Waals surface area contributed by atoms with Gasteiger partial charge < -0.3 is 5.11 Å². The van der Waals surface area contributed by atoms with Crippen LogP contribution in [0.2, 0.25) is 0 Å². The topological polar surface area (TPSA) is 54.4 Å². The Balaban J connectivity index is 1.76. The summed E-state index contributed by atoms with van der Waals surface area (Å²) >= 11 is 0. The van der Waals surface area contributed by atoms with Gasteiger partial charge in [0.2, 0.25) is 0 Å². The summed E-state index contributed by atoms with van der Waals surface area (Å²) in [6.45, 7) is 2.18. The molecule has 0 unspecified atom stereocenters. The number of carboxylic acids is 1. The van der Waals surface area contributed by atoms with Crippen LogP contribution in [0.15, 0.2) is 48.5 Å². The maximum absolute atomic E-state index is 12.6. The molecule has 0 spiro atoms. The van der Waals surface area contributed by atoms with E-state index in [1.165, 1.54) is 24.0 Å². The van der Waals surface area contributed by atoms with Crippen LogP contribution in [0.5, 0.6) is 0 Å². The molecular formula is C25H32O3. The van der Waals surface area contributed by atoms with Crippen molar-refractivity contribution in [1.29, 1.82) is 0 Å². The predicted molar refractivity (Wildman–Crippen MR) is 114 cm³/mol. The molecule has 0 atom stereocenters. The summed E-state index contributed by atoms with van der Waals surface area (Å²) in [5, 5.41) is 8.62. The molecule has 3 heteroatoms. The minimum atomic E-state index is -0.706. The maximum Gasteiger partial charge on any atom is 0.303 e. The predicted octanol–water partition coefficient (Wildman–Crippen LogP) is 6.23. The molecule has 150 valence electrons. The summed E-state index contributed by atoms with van der Waals surface area (Å²) in [5.41, 5.74) is 4.02. The first-order valence-electron chi connectivity index (χ1n) is 10.5. The minimum absolute atomic E-state index is 0.0759. The Morgan fingerprint density at radius 2 is 1.14 bits per heavy atom. The largest absolute Gasteiger partial charge is 0.481 e. The molecule has 0 saturated heterocycles. The molecule has 3 nitrogen and oxygen atoms in total. The molecule has 0 saturated carbocycles. The van der Waals surface area contributed by atoms with Crippen LogP contribution >= 0.6 is 0 Å². The first kappa shape index (κ1) is 21.9. The van der Waals surface area contributed by atoms with Crippen molar-refractivity contribution in [3.63, 3.8) is 0 Å². The lowest BCUT2D eigenvalue weighted by atomic mass is 9.98. The van der Waals surface area contributed by atoms with Crippen LogP contribution in [0, 0.1) is 0 Å². The van der Waals surface area contributed by atoms with E-state index in [2.05, 4.69) is 19.1 Å². The number of unbranched alkanes of at least 4 members (excludes halogenated alkanes) is 5. The summed E-state index contributed by atoms with van der Waals surface area (Å²) in [6.07, 6.45) is 9.75. The van der Waals surface area contributed by atoms with Gasteiger partial charge in [-0.25, -0.2) is 0 Å². The van der Waals surface area contributed by atoms with E-state index in [0.29, 0.717) is 0 Å². The highest BCUT2D eigenvalue weighted by Crippen LogP contribution is 2.15. The van der Waals surface area contributed by atoms with Gasteiger partial charge in [-0.2, -0.15) is 0 Å². The van der Waals surface area contributed by atoms with Crippen molar-refractivity contribution in [3.8, 4) is 0 Å². The zero-order chi connectivity index (χ0) is 20.2. The quantitative estimate of drug-likeness (QED) is 0.331. The third kappa shape index (κ3) is 7.67. The van der Waals surface area contributed by atoms with Crippen LogP contribution in [0.25, 0.3) is 0 Å². The molecule has 0 aliphatic rings. The third-order valence-electron chi connectivity index (χ3n) is 5.11. The van der Waals surface area contributed by atoms with Gasteiger partial charge in [-0.3, -0.25) is 9.59 Å². The van der Waals surface area contributed by atoms with Crippen molar-refractivity contribution in [2.45, 2.75) is 71.1 Å². The molecule has 0 bridgehead atoms. The Morgan fingerprint density at radius 3 is 1.64 bits per heavy atom. The van der Waals surface area contributed by atoms with E-state index in [9.17, 15) is 9.59 Å². The zero-order valence-corrected chi connectivity index (χ0v) is 17.0. The Morgan fingerprint density at radius 1 is 0.679 bits per heavy atom. The summed E-state index contributed by atoms with van der Waals surface area (Å²) in [7, 11) is 0. The van der Waals surface area contributed by atoms with Crippen LogP contribution < -0.4 is 0 Å². The highest BCUT2D eigenvalue weighted by molar-refractivity contribution is 6.08. The fourth-order valence-corrected chi connectivity index (χ4v) is 3.33. The van der Waals surface area contributed by atoms with Gasteiger partial charge in [0.25, 0.3) is 0 Å². The molecule has 28 heavy (non-hydrogen) atoms. The van der Waals surface area contributed by atoms with E-state index in [4.69, 9.17) is 5.11 Å². The third-order valence-corrected chi connectivity index (χ3v) is 5.11. The Kier molecular flexibility index (Phi) is 9.47. The van der Waals surface area contributed by atoms with Crippen LogP contribution in [0.1, 0.15) is 85.3 Å². The second kappa shape index (κ2) is 12.1. The minimum Gasteiger partial charge on any atom is -0.481 e. The van der Waals surface area contributed by atoms with Gasteiger partial charge in [0, 0.05) is 17.5 Å². The molecule has 0 aliphatic carbocycles. The Bertz CT molecular complexity index is 729. The molecule has 2 aromatic rings. The Labute approximate surface area is 168 Å². The maximum atomic E-state index is 12.6. The van der Waals surface area contributed by atoms with Gasteiger partial charge in [0.15, 0.2) is 5.78 Å². The van der Waals surface area contributed by atoms with Crippen molar-refractivity contribution in [1.82, 2.24) is 0 Å². The van der Waals surface area contributed by atoms with Crippen LogP contribution in [0.3, 0.4) is 0 Å². The average molecular weight is 381 g/mol. The molecule has 0 aliphatic heterocycles. The first-order chi connectivity index (χ1) is 13.6. The number of benzene rings is 2. The van der Waals surface area contributed by atoms with Crippen LogP contribution in [0.4, 0.5) is 0 Å². The normalized spacial score (nSPS) is 10.8. The van der Waals surface area contributed by atoms with Crippen molar-refractivity contribution in [2.75, 3.05) is 0 Å². The average Bonchev–Trinajstić information content (AvgIpc) is 2.71.